The molecule has 6 heteroatoms. The molecular weight excluding hydrogens is 284 g/mol. The SMILES string of the molecule is CCOc1ccc(NC(=O)NC(C(=O)OC)C(C)CC)cc1. The summed E-state index contributed by atoms with van der Waals surface area (Å²) >= 11 is 0. The molecule has 1 rings (SSSR count). The lowest BCUT2D eigenvalue weighted by molar-refractivity contribution is -0.144. The fourth-order valence-electron chi connectivity index (χ4n) is 1.91. The number of carbonyl (C=O) groups is 2. The van der Waals surface area contributed by atoms with Gasteiger partial charge in [-0.3, -0.25) is 0 Å². The van der Waals surface area contributed by atoms with Gasteiger partial charge in [0.25, 0.3) is 0 Å². The summed E-state index contributed by atoms with van der Waals surface area (Å²) in [5.41, 5.74) is 0.619. The molecule has 2 amide bonds. The molecule has 0 radical (unpaired) electrons. The summed E-state index contributed by atoms with van der Waals surface area (Å²) < 4.78 is 10.1. The third kappa shape index (κ3) is 5.27. The Bertz CT molecular complexity index is 487. The molecule has 0 saturated heterocycles. The topological polar surface area (TPSA) is 76.7 Å². The van der Waals surface area contributed by atoms with E-state index in [0.29, 0.717) is 12.3 Å². The van der Waals surface area contributed by atoms with E-state index < -0.39 is 18.0 Å². The number of anilines is 1. The first-order valence-corrected chi connectivity index (χ1v) is 7.40. The standard InChI is InChI=1S/C16H24N2O4/c1-5-11(3)14(15(19)21-4)18-16(20)17-12-7-9-13(10-8-12)22-6-2/h7-11,14H,5-6H2,1-4H3,(H2,17,18,20). The van der Waals surface area contributed by atoms with Gasteiger partial charge in [0, 0.05) is 5.69 Å². The largest absolute Gasteiger partial charge is 0.494 e. The van der Waals surface area contributed by atoms with Crippen LogP contribution >= 0.6 is 0 Å². The molecule has 2 atom stereocenters. The van der Waals surface area contributed by atoms with Crippen LogP contribution in [0.15, 0.2) is 24.3 Å². The summed E-state index contributed by atoms with van der Waals surface area (Å²) in [5, 5.41) is 5.34. The zero-order valence-electron chi connectivity index (χ0n) is 13.5. The van der Waals surface area contributed by atoms with E-state index in [2.05, 4.69) is 10.6 Å². The highest BCUT2D eigenvalue weighted by atomic mass is 16.5. The zero-order valence-corrected chi connectivity index (χ0v) is 13.5. The monoisotopic (exact) mass is 308 g/mol. The van der Waals surface area contributed by atoms with E-state index in [0.717, 1.165) is 12.2 Å². The van der Waals surface area contributed by atoms with E-state index >= 15 is 0 Å². The van der Waals surface area contributed by atoms with Crippen molar-refractivity contribution in [3.05, 3.63) is 24.3 Å². The molecule has 0 aliphatic carbocycles. The smallest absolute Gasteiger partial charge is 0.328 e. The molecule has 0 aromatic heterocycles. The molecular formula is C16H24N2O4. The average Bonchev–Trinajstić information content (AvgIpc) is 2.53. The number of carbonyl (C=O) groups excluding carboxylic acids is 2. The molecule has 22 heavy (non-hydrogen) atoms. The van der Waals surface area contributed by atoms with Crippen LogP contribution in [-0.2, 0) is 9.53 Å². The minimum Gasteiger partial charge on any atom is -0.494 e. The first kappa shape index (κ1) is 17.8. The second kappa shape index (κ2) is 8.92. The highest BCUT2D eigenvalue weighted by Crippen LogP contribution is 2.16. The number of ether oxygens (including phenoxy) is 2. The number of hydrogen-bond acceptors (Lipinski definition) is 4. The van der Waals surface area contributed by atoms with Crippen molar-refractivity contribution in [3.63, 3.8) is 0 Å². The summed E-state index contributed by atoms with van der Waals surface area (Å²) in [6.07, 6.45) is 0.753. The van der Waals surface area contributed by atoms with Gasteiger partial charge in [0.1, 0.15) is 11.8 Å². The lowest BCUT2D eigenvalue weighted by atomic mass is 9.99. The lowest BCUT2D eigenvalue weighted by Crippen LogP contribution is -2.47. The fourth-order valence-corrected chi connectivity index (χ4v) is 1.91. The Morgan fingerprint density at radius 3 is 2.32 bits per heavy atom. The van der Waals surface area contributed by atoms with Crippen LogP contribution in [0.4, 0.5) is 10.5 Å². The second-order valence-corrected chi connectivity index (χ2v) is 4.94. The van der Waals surface area contributed by atoms with Crippen molar-refractivity contribution in [3.8, 4) is 5.75 Å². The minimum atomic E-state index is -0.669. The van der Waals surface area contributed by atoms with Gasteiger partial charge < -0.3 is 20.1 Å². The van der Waals surface area contributed by atoms with Crippen LogP contribution in [0.3, 0.4) is 0 Å². The summed E-state index contributed by atoms with van der Waals surface area (Å²) in [5.74, 6) is 0.273. The molecule has 1 aromatic rings. The van der Waals surface area contributed by atoms with Crippen LogP contribution in [0.1, 0.15) is 27.2 Å². The Labute approximate surface area is 131 Å². The van der Waals surface area contributed by atoms with Crippen LogP contribution in [0.25, 0.3) is 0 Å². The summed E-state index contributed by atoms with van der Waals surface area (Å²) in [4.78, 5) is 23.7. The average molecular weight is 308 g/mol. The van der Waals surface area contributed by atoms with Crippen LogP contribution < -0.4 is 15.4 Å². The van der Waals surface area contributed by atoms with Gasteiger partial charge in [-0.05, 0) is 37.1 Å². The molecule has 1 aromatic carbocycles. The van der Waals surface area contributed by atoms with E-state index in [1.165, 1.54) is 7.11 Å². The van der Waals surface area contributed by atoms with Gasteiger partial charge in [-0.15, -0.1) is 0 Å². The van der Waals surface area contributed by atoms with Crippen molar-refractivity contribution in [2.24, 2.45) is 5.92 Å². The molecule has 0 fully saturated rings. The van der Waals surface area contributed by atoms with E-state index in [1.807, 2.05) is 20.8 Å². The van der Waals surface area contributed by atoms with Gasteiger partial charge in [-0.1, -0.05) is 20.3 Å². The third-order valence-electron chi connectivity index (χ3n) is 3.38. The summed E-state index contributed by atoms with van der Waals surface area (Å²) in [6.45, 7) is 6.33. The van der Waals surface area contributed by atoms with Gasteiger partial charge in [-0.2, -0.15) is 0 Å². The van der Waals surface area contributed by atoms with E-state index in [9.17, 15) is 9.59 Å². The lowest BCUT2D eigenvalue weighted by Gasteiger charge is -2.22. The third-order valence-corrected chi connectivity index (χ3v) is 3.38. The number of hydrogen-bond donors (Lipinski definition) is 2. The van der Waals surface area contributed by atoms with E-state index in [4.69, 9.17) is 9.47 Å². The Balaban J connectivity index is 2.64. The Kier molecular flexibility index (Phi) is 7.22. The number of rotatable bonds is 7. The maximum atomic E-state index is 12.0. The molecule has 0 heterocycles. The fraction of sp³-hybridized carbons (Fsp3) is 0.500. The number of benzene rings is 1. The Morgan fingerprint density at radius 1 is 1.18 bits per heavy atom. The quantitative estimate of drug-likeness (QED) is 0.759. The first-order chi connectivity index (χ1) is 10.5. The van der Waals surface area contributed by atoms with Crippen LogP contribution in [0, 0.1) is 5.92 Å². The Hall–Kier alpha value is -2.24. The molecule has 6 nitrogen and oxygen atoms in total. The van der Waals surface area contributed by atoms with Gasteiger partial charge in [0.05, 0.1) is 13.7 Å². The highest BCUT2D eigenvalue weighted by molar-refractivity contribution is 5.92. The maximum absolute atomic E-state index is 12.0. The molecule has 2 N–H and O–H groups in total. The molecule has 0 aliphatic rings. The van der Waals surface area contributed by atoms with Crippen LogP contribution in [0.5, 0.6) is 5.75 Å². The van der Waals surface area contributed by atoms with Crippen molar-refractivity contribution in [1.29, 1.82) is 0 Å². The normalized spacial score (nSPS) is 12.9. The molecule has 0 bridgehead atoms. The molecule has 0 spiro atoms. The number of urea groups is 1. The molecule has 0 aliphatic heterocycles. The van der Waals surface area contributed by atoms with Crippen LogP contribution in [-0.4, -0.2) is 31.8 Å². The molecule has 0 saturated carbocycles. The van der Waals surface area contributed by atoms with E-state index in [-0.39, 0.29) is 5.92 Å². The number of nitrogens with one attached hydrogen (secondary N) is 2. The van der Waals surface area contributed by atoms with Crippen molar-refractivity contribution in [2.75, 3.05) is 19.0 Å². The predicted octanol–water partition coefficient (Wildman–Crippen LogP) is 2.79. The number of methoxy groups -OCH3 is 1. The number of amides is 2. The molecule has 2 unspecified atom stereocenters. The van der Waals surface area contributed by atoms with Crippen molar-refractivity contribution < 1.29 is 19.1 Å². The minimum absolute atomic E-state index is 0.0152. The van der Waals surface area contributed by atoms with Gasteiger partial charge in [-0.25, -0.2) is 9.59 Å². The van der Waals surface area contributed by atoms with Crippen molar-refractivity contribution in [1.82, 2.24) is 5.32 Å². The number of esters is 1. The van der Waals surface area contributed by atoms with E-state index in [1.54, 1.807) is 24.3 Å². The van der Waals surface area contributed by atoms with Crippen molar-refractivity contribution in [2.45, 2.75) is 33.2 Å². The predicted molar refractivity (Wildman–Crippen MR) is 85.0 cm³/mol. The van der Waals surface area contributed by atoms with Gasteiger partial charge >= 0.3 is 12.0 Å². The summed E-state index contributed by atoms with van der Waals surface area (Å²) in [7, 11) is 1.31. The summed E-state index contributed by atoms with van der Waals surface area (Å²) in [6, 6.07) is 5.90. The van der Waals surface area contributed by atoms with Crippen LogP contribution in [0.2, 0.25) is 0 Å². The highest BCUT2D eigenvalue weighted by Gasteiger charge is 2.26. The Morgan fingerprint density at radius 2 is 1.82 bits per heavy atom. The molecule has 122 valence electrons. The first-order valence-electron chi connectivity index (χ1n) is 7.40. The van der Waals surface area contributed by atoms with Gasteiger partial charge in [0.15, 0.2) is 0 Å². The van der Waals surface area contributed by atoms with Gasteiger partial charge in [0.2, 0.25) is 0 Å². The zero-order chi connectivity index (χ0) is 16.5. The van der Waals surface area contributed by atoms with Crippen molar-refractivity contribution >= 4 is 17.7 Å². The second-order valence-electron chi connectivity index (χ2n) is 4.94. The maximum Gasteiger partial charge on any atom is 0.328 e.